The van der Waals surface area contributed by atoms with Gasteiger partial charge in [-0.15, -0.1) is 0 Å². The Bertz CT molecular complexity index is 90.4. The minimum atomic E-state index is -0.347. The van der Waals surface area contributed by atoms with Crippen LogP contribution in [0, 0.1) is 0 Å². The van der Waals surface area contributed by atoms with Crippen molar-refractivity contribution < 1.29 is 4.74 Å². The lowest BCUT2D eigenvalue weighted by Gasteiger charge is -2.07. The van der Waals surface area contributed by atoms with Crippen LogP contribution >= 0.6 is 0 Å². The van der Waals surface area contributed by atoms with Gasteiger partial charge in [-0.05, 0) is 18.7 Å². The van der Waals surface area contributed by atoms with Crippen LogP contribution in [0.1, 0.15) is 6.92 Å². The molecule has 3 heteroatoms. The van der Waals surface area contributed by atoms with E-state index in [2.05, 4.69) is 0 Å². The average Bonchev–Trinajstić information content (AvgIpc) is 1.84. The lowest BCUT2D eigenvalue weighted by Crippen LogP contribution is -2.23. The number of hydrogen-bond donors (Lipinski definition) is 2. The number of hydrogen-bond acceptors (Lipinski definition) is 3. The van der Waals surface area contributed by atoms with Gasteiger partial charge in [-0.25, -0.2) is 0 Å². The third kappa shape index (κ3) is 1.95. The summed E-state index contributed by atoms with van der Waals surface area (Å²) in [4.78, 5) is 0. The van der Waals surface area contributed by atoms with Crippen molar-refractivity contribution in [3.05, 3.63) is 11.8 Å². The maximum Gasteiger partial charge on any atom is 0.128 e. The van der Waals surface area contributed by atoms with E-state index < -0.39 is 0 Å². The summed E-state index contributed by atoms with van der Waals surface area (Å²) in [5.41, 5.74) is 11.3. The van der Waals surface area contributed by atoms with Crippen LogP contribution in [0.4, 0.5) is 0 Å². The Kier molecular flexibility index (Phi) is 3.23. The highest BCUT2D eigenvalue weighted by atomic mass is 16.5. The van der Waals surface area contributed by atoms with Crippen molar-refractivity contribution >= 4 is 0 Å². The van der Waals surface area contributed by atoms with Gasteiger partial charge in [-0.2, -0.15) is 0 Å². The van der Waals surface area contributed by atoms with Gasteiger partial charge < -0.3 is 16.2 Å². The first-order chi connectivity index (χ1) is 3.72. The van der Waals surface area contributed by atoms with Crippen LogP contribution < -0.4 is 11.5 Å². The summed E-state index contributed by atoms with van der Waals surface area (Å²) in [5, 5.41) is 0. The van der Waals surface area contributed by atoms with Gasteiger partial charge in [0.25, 0.3) is 0 Å². The second-order valence-corrected chi connectivity index (χ2v) is 1.57. The van der Waals surface area contributed by atoms with E-state index in [1.807, 2.05) is 6.92 Å². The zero-order valence-corrected chi connectivity index (χ0v) is 5.22. The Morgan fingerprint density at radius 2 is 2.25 bits per heavy atom. The summed E-state index contributed by atoms with van der Waals surface area (Å²) < 4.78 is 4.73. The van der Waals surface area contributed by atoms with Crippen LogP contribution in [-0.2, 0) is 4.74 Å². The fourth-order valence-corrected chi connectivity index (χ4v) is 0.281. The Balaban J connectivity index is 3.63. The van der Waals surface area contributed by atoms with Crippen molar-refractivity contribution in [2.45, 2.75) is 13.2 Å². The number of nitrogens with two attached hydrogens (primary N) is 2. The second kappa shape index (κ2) is 3.46. The Morgan fingerprint density at radius 3 is 2.38 bits per heavy atom. The molecule has 0 bridgehead atoms. The van der Waals surface area contributed by atoms with Crippen LogP contribution in [-0.4, -0.2) is 13.3 Å². The summed E-state index contributed by atoms with van der Waals surface area (Å²) in [7, 11) is 1.54. The molecule has 0 aliphatic carbocycles. The maximum atomic E-state index is 5.36. The van der Waals surface area contributed by atoms with Gasteiger partial charge >= 0.3 is 0 Å². The van der Waals surface area contributed by atoms with Crippen LogP contribution in [0.5, 0.6) is 0 Å². The minimum absolute atomic E-state index is 0.347. The molecular formula is C5H12N2O. The van der Waals surface area contributed by atoms with E-state index in [0.29, 0.717) is 0 Å². The molecule has 0 aromatic carbocycles. The first-order valence-electron chi connectivity index (χ1n) is 2.39. The van der Waals surface area contributed by atoms with E-state index >= 15 is 0 Å². The van der Waals surface area contributed by atoms with Crippen molar-refractivity contribution in [2.24, 2.45) is 11.5 Å². The van der Waals surface area contributed by atoms with Gasteiger partial charge in [0.05, 0.1) is 0 Å². The molecule has 0 amide bonds. The Hall–Kier alpha value is -0.540. The van der Waals surface area contributed by atoms with Crippen molar-refractivity contribution in [3.63, 3.8) is 0 Å². The lowest BCUT2D eigenvalue weighted by atomic mass is 10.3. The average molecular weight is 116 g/mol. The van der Waals surface area contributed by atoms with E-state index in [9.17, 15) is 0 Å². The third-order valence-electron chi connectivity index (χ3n) is 0.966. The number of rotatable bonds is 2. The van der Waals surface area contributed by atoms with Gasteiger partial charge in [0, 0.05) is 7.11 Å². The van der Waals surface area contributed by atoms with E-state index in [1.54, 1.807) is 0 Å². The molecule has 0 radical (unpaired) electrons. The predicted molar refractivity (Wildman–Crippen MR) is 32.9 cm³/mol. The van der Waals surface area contributed by atoms with Crippen molar-refractivity contribution in [2.75, 3.05) is 7.11 Å². The van der Waals surface area contributed by atoms with E-state index in [1.165, 1.54) is 13.3 Å². The first-order valence-corrected chi connectivity index (χ1v) is 2.39. The molecular weight excluding hydrogens is 104 g/mol. The fourth-order valence-electron chi connectivity index (χ4n) is 0.281. The zero-order valence-electron chi connectivity index (χ0n) is 5.22. The zero-order chi connectivity index (χ0) is 6.57. The standard InChI is InChI=1S/C5H12N2O/c1-4(3-6)5(7)8-2/h3,5H,6-7H2,1-2H3/b4-3-. The van der Waals surface area contributed by atoms with E-state index in [-0.39, 0.29) is 6.23 Å². The second-order valence-electron chi connectivity index (χ2n) is 1.57. The summed E-state index contributed by atoms with van der Waals surface area (Å²) in [6.07, 6.45) is 1.09. The van der Waals surface area contributed by atoms with Crippen LogP contribution in [0.25, 0.3) is 0 Å². The van der Waals surface area contributed by atoms with Gasteiger partial charge in [-0.1, -0.05) is 0 Å². The van der Waals surface area contributed by atoms with Crippen LogP contribution in [0.3, 0.4) is 0 Å². The van der Waals surface area contributed by atoms with Crippen LogP contribution in [0.15, 0.2) is 11.8 Å². The molecule has 0 heterocycles. The fraction of sp³-hybridized carbons (Fsp3) is 0.600. The SMILES string of the molecule is COC(N)/C(C)=C\N. The smallest absolute Gasteiger partial charge is 0.128 e. The minimum Gasteiger partial charge on any atom is -0.405 e. The van der Waals surface area contributed by atoms with Crippen molar-refractivity contribution in [1.29, 1.82) is 0 Å². The molecule has 4 N–H and O–H groups in total. The summed E-state index contributed by atoms with van der Waals surface area (Å²) >= 11 is 0. The molecule has 0 saturated heterocycles. The van der Waals surface area contributed by atoms with Crippen molar-refractivity contribution in [1.82, 2.24) is 0 Å². The molecule has 0 aliphatic heterocycles. The summed E-state index contributed by atoms with van der Waals surface area (Å²) in [5.74, 6) is 0. The van der Waals surface area contributed by atoms with Gasteiger partial charge in [0.15, 0.2) is 0 Å². The molecule has 0 rings (SSSR count). The molecule has 48 valence electrons. The topological polar surface area (TPSA) is 61.3 Å². The molecule has 0 aromatic rings. The number of ether oxygens (including phenoxy) is 1. The summed E-state index contributed by atoms with van der Waals surface area (Å²) in [6, 6.07) is 0. The molecule has 8 heavy (non-hydrogen) atoms. The molecule has 0 aliphatic rings. The quantitative estimate of drug-likeness (QED) is 0.490. The van der Waals surface area contributed by atoms with Crippen molar-refractivity contribution in [3.8, 4) is 0 Å². The predicted octanol–water partition coefficient (Wildman–Crippen LogP) is -0.220. The van der Waals surface area contributed by atoms with Gasteiger partial charge in [-0.3, -0.25) is 0 Å². The molecule has 0 saturated carbocycles. The highest BCUT2D eigenvalue weighted by Gasteiger charge is 1.98. The molecule has 0 spiro atoms. The number of methoxy groups -OCH3 is 1. The largest absolute Gasteiger partial charge is 0.405 e. The third-order valence-corrected chi connectivity index (χ3v) is 0.966. The molecule has 0 fully saturated rings. The molecule has 1 atom stereocenters. The van der Waals surface area contributed by atoms with E-state index in [0.717, 1.165) is 5.57 Å². The maximum absolute atomic E-state index is 5.36. The molecule has 3 nitrogen and oxygen atoms in total. The Labute approximate surface area is 49.3 Å². The normalized spacial score (nSPS) is 16.1. The van der Waals surface area contributed by atoms with Crippen LogP contribution in [0.2, 0.25) is 0 Å². The van der Waals surface area contributed by atoms with Gasteiger partial charge in [0.2, 0.25) is 0 Å². The molecule has 0 aromatic heterocycles. The highest BCUT2D eigenvalue weighted by Crippen LogP contribution is 1.94. The molecule has 1 unspecified atom stereocenters. The van der Waals surface area contributed by atoms with E-state index in [4.69, 9.17) is 16.2 Å². The highest BCUT2D eigenvalue weighted by molar-refractivity contribution is 4.99. The Morgan fingerprint density at radius 1 is 1.75 bits per heavy atom. The van der Waals surface area contributed by atoms with Gasteiger partial charge in [0.1, 0.15) is 6.23 Å². The first kappa shape index (κ1) is 7.46. The summed E-state index contributed by atoms with van der Waals surface area (Å²) in [6.45, 7) is 1.81. The monoisotopic (exact) mass is 116 g/mol. The lowest BCUT2D eigenvalue weighted by molar-refractivity contribution is 0.137.